The molecule has 0 spiro atoms. The Labute approximate surface area is 146 Å². The Balaban J connectivity index is 1.55. The lowest BCUT2D eigenvalue weighted by atomic mass is 9.78. The largest absolute Gasteiger partial charge is 0.381 e. The summed E-state index contributed by atoms with van der Waals surface area (Å²) in [6.45, 7) is 9.63. The van der Waals surface area contributed by atoms with E-state index in [1.807, 2.05) is 0 Å². The predicted octanol–water partition coefficient (Wildman–Crippen LogP) is 1.71. The molecule has 0 aliphatic carbocycles. The van der Waals surface area contributed by atoms with E-state index in [0.29, 0.717) is 31.6 Å². The number of amides is 1. The minimum atomic E-state index is -0.360. The standard InChI is InChI=1S/C19H35N3O2/c1-16-4-9-21(10-5-16)13-17-3-2-8-22(14-17)18(23)19(15-20)6-11-24-12-7-19/h16-17H,2-15,20H2,1H3. The molecule has 5 heteroatoms. The van der Waals surface area contributed by atoms with Crippen LogP contribution in [0.2, 0.25) is 0 Å². The lowest BCUT2D eigenvalue weighted by Crippen LogP contribution is -2.54. The van der Waals surface area contributed by atoms with Crippen LogP contribution in [0.1, 0.15) is 45.4 Å². The molecule has 0 aromatic carbocycles. The van der Waals surface area contributed by atoms with Crippen LogP contribution >= 0.6 is 0 Å². The molecule has 0 bridgehead atoms. The van der Waals surface area contributed by atoms with Crippen molar-refractivity contribution in [2.24, 2.45) is 23.0 Å². The van der Waals surface area contributed by atoms with Crippen molar-refractivity contribution in [1.29, 1.82) is 0 Å². The number of rotatable bonds is 4. The van der Waals surface area contributed by atoms with Crippen LogP contribution in [-0.4, -0.2) is 68.2 Å². The molecule has 3 heterocycles. The Morgan fingerprint density at radius 3 is 2.54 bits per heavy atom. The number of hydrogen-bond acceptors (Lipinski definition) is 4. The normalized spacial score (nSPS) is 29.6. The number of hydrogen-bond donors (Lipinski definition) is 1. The molecule has 3 rings (SSSR count). The molecule has 3 aliphatic heterocycles. The molecule has 1 amide bonds. The molecule has 0 radical (unpaired) electrons. The molecular formula is C19H35N3O2. The van der Waals surface area contributed by atoms with Crippen LogP contribution in [0.4, 0.5) is 0 Å². The van der Waals surface area contributed by atoms with E-state index in [2.05, 4.69) is 16.7 Å². The van der Waals surface area contributed by atoms with Crippen molar-refractivity contribution in [2.45, 2.75) is 45.4 Å². The highest BCUT2D eigenvalue weighted by molar-refractivity contribution is 5.83. The summed E-state index contributed by atoms with van der Waals surface area (Å²) >= 11 is 0. The van der Waals surface area contributed by atoms with Crippen molar-refractivity contribution in [2.75, 3.05) is 52.5 Å². The zero-order valence-corrected chi connectivity index (χ0v) is 15.3. The van der Waals surface area contributed by atoms with Crippen molar-refractivity contribution in [1.82, 2.24) is 9.80 Å². The summed E-state index contributed by atoms with van der Waals surface area (Å²) in [4.78, 5) is 17.9. The Bertz CT molecular complexity index is 415. The Morgan fingerprint density at radius 1 is 1.17 bits per heavy atom. The summed E-state index contributed by atoms with van der Waals surface area (Å²) in [5.74, 6) is 1.81. The van der Waals surface area contributed by atoms with Crippen LogP contribution in [0.3, 0.4) is 0 Å². The second-order valence-corrected chi connectivity index (χ2v) is 8.34. The molecule has 0 aromatic rings. The fraction of sp³-hybridized carbons (Fsp3) is 0.947. The van der Waals surface area contributed by atoms with Gasteiger partial charge in [0.1, 0.15) is 0 Å². The number of nitrogens with zero attached hydrogens (tertiary/aromatic N) is 2. The minimum absolute atomic E-state index is 0.297. The van der Waals surface area contributed by atoms with Crippen molar-refractivity contribution in [3.8, 4) is 0 Å². The van der Waals surface area contributed by atoms with Gasteiger partial charge in [0.25, 0.3) is 0 Å². The molecule has 0 aromatic heterocycles. The lowest BCUT2D eigenvalue weighted by molar-refractivity contribution is -0.149. The number of ether oxygens (including phenoxy) is 1. The minimum Gasteiger partial charge on any atom is -0.381 e. The fourth-order valence-corrected chi connectivity index (χ4v) is 4.61. The van der Waals surface area contributed by atoms with Gasteiger partial charge in [-0.05, 0) is 63.5 Å². The number of carbonyl (C=O) groups excluding carboxylic acids is 1. The van der Waals surface area contributed by atoms with Crippen LogP contribution in [0.5, 0.6) is 0 Å². The van der Waals surface area contributed by atoms with Crippen LogP contribution in [0.15, 0.2) is 0 Å². The quantitative estimate of drug-likeness (QED) is 0.848. The topological polar surface area (TPSA) is 58.8 Å². The Morgan fingerprint density at radius 2 is 1.88 bits per heavy atom. The molecule has 0 saturated carbocycles. The van der Waals surface area contributed by atoms with Gasteiger partial charge in [-0.3, -0.25) is 4.79 Å². The highest BCUT2D eigenvalue weighted by Gasteiger charge is 2.42. The van der Waals surface area contributed by atoms with Gasteiger partial charge in [0, 0.05) is 39.4 Å². The maximum atomic E-state index is 13.2. The molecular weight excluding hydrogens is 302 g/mol. The molecule has 1 unspecified atom stereocenters. The van der Waals surface area contributed by atoms with Gasteiger partial charge in [-0.1, -0.05) is 6.92 Å². The molecule has 2 N–H and O–H groups in total. The third kappa shape index (κ3) is 4.12. The van der Waals surface area contributed by atoms with E-state index in [1.54, 1.807) is 0 Å². The molecule has 3 fully saturated rings. The van der Waals surface area contributed by atoms with Gasteiger partial charge in [-0.2, -0.15) is 0 Å². The second-order valence-electron chi connectivity index (χ2n) is 8.34. The van der Waals surface area contributed by atoms with Crippen LogP contribution < -0.4 is 5.73 Å². The smallest absolute Gasteiger partial charge is 0.230 e. The van der Waals surface area contributed by atoms with E-state index in [0.717, 1.165) is 44.8 Å². The van der Waals surface area contributed by atoms with Crippen molar-refractivity contribution in [3.63, 3.8) is 0 Å². The lowest BCUT2D eigenvalue weighted by Gasteiger charge is -2.43. The number of carbonyl (C=O) groups is 1. The Kier molecular flexibility index (Phi) is 6.17. The predicted molar refractivity (Wildman–Crippen MR) is 95.7 cm³/mol. The van der Waals surface area contributed by atoms with Gasteiger partial charge in [0.15, 0.2) is 0 Å². The summed E-state index contributed by atoms with van der Waals surface area (Å²) < 4.78 is 5.46. The summed E-state index contributed by atoms with van der Waals surface area (Å²) in [5, 5.41) is 0. The van der Waals surface area contributed by atoms with Gasteiger partial charge in [-0.15, -0.1) is 0 Å². The first-order valence-electron chi connectivity index (χ1n) is 9.92. The van der Waals surface area contributed by atoms with Crippen molar-refractivity contribution < 1.29 is 9.53 Å². The van der Waals surface area contributed by atoms with Crippen molar-refractivity contribution >= 4 is 5.91 Å². The number of likely N-dealkylation sites (tertiary alicyclic amines) is 2. The van der Waals surface area contributed by atoms with Gasteiger partial charge >= 0.3 is 0 Å². The van der Waals surface area contributed by atoms with E-state index in [9.17, 15) is 4.79 Å². The van der Waals surface area contributed by atoms with Crippen LogP contribution in [0.25, 0.3) is 0 Å². The summed E-state index contributed by atoms with van der Waals surface area (Å²) in [6, 6.07) is 0. The third-order valence-electron chi connectivity index (χ3n) is 6.49. The molecule has 3 aliphatic rings. The zero-order chi connectivity index (χ0) is 17.0. The summed E-state index contributed by atoms with van der Waals surface area (Å²) in [5.41, 5.74) is 5.67. The average molecular weight is 338 g/mol. The molecule has 138 valence electrons. The van der Waals surface area contributed by atoms with E-state index in [4.69, 9.17) is 10.5 Å². The van der Waals surface area contributed by atoms with Crippen LogP contribution in [-0.2, 0) is 9.53 Å². The Hall–Kier alpha value is -0.650. The first-order chi connectivity index (χ1) is 11.6. The highest BCUT2D eigenvalue weighted by Crippen LogP contribution is 2.33. The number of piperidine rings is 2. The summed E-state index contributed by atoms with van der Waals surface area (Å²) in [6.07, 6.45) is 6.62. The van der Waals surface area contributed by atoms with Gasteiger partial charge < -0.3 is 20.3 Å². The van der Waals surface area contributed by atoms with Gasteiger partial charge in [0.2, 0.25) is 5.91 Å². The monoisotopic (exact) mass is 337 g/mol. The van der Waals surface area contributed by atoms with Crippen LogP contribution in [0, 0.1) is 17.3 Å². The molecule has 24 heavy (non-hydrogen) atoms. The van der Waals surface area contributed by atoms with Gasteiger partial charge in [0.05, 0.1) is 5.41 Å². The van der Waals surface area contributed by atoms with Crippen molar-refractivity contribution in [3.05, 3.63) is 0 Å². The molecule has 3 saturated heterocycles. The zero-order valence-electron chi connectivity index (χ0n) is 15.3. The fourth-order valence-electron chi connectivity index (χ4n) is 4.61. The van der Waals surface area contributed by atoms with E-state index in [1.165, 1.54) is 32.4 Å². The van der Waals surface area contributed by atoms with E-state index >= 15 is 0 Å². The molecule has 5 nitrogen and oxygen atoms in total. The average Bonchev–Trinajstić information content (AvgIpc) is 2.64. The summed E-state index contributed by atoms with van der Waals surface area (Å²) in [7, 11) is 0. The van der Waals surface area contributed by atoms with Gasteiger partial charge in [-0.25, -0.2) is 0 Å². The SMILES string of the molecule is CC1CCN(CC2CCCN(C(=O)C3(CN)CCOCC3)C2)CC1. The number of nitrogens with two attached hydrogens (primary N) is 1. The maximum absolute atomic E-state index is 13.2. The van der Waals surface area contributed by atoms with E-state index < -0.39 is 0 Å². The second kappa shape index (κ2) is 8.15. The molecule has 1 atom stereocenters. The third-order valence-corrected chi connectivity index (χ3v) is 6.49. The highest BCUT2D eigenvalue weighted by atomic mass is 16.5. The van der Waals surface area contributed by atoms with E-state index in [-0.39, 0.29) is 5.41 Å². The maximum Gasteiger partial charge on any atom is 0.230 e. The first kappa shape index (κ1) is 18.2. The first-order valence-corrected chi connectivity index (χ1v) is 9.92.